The van der Waals surface area contributed by atoms with Gasteiger partial charge in [0.2, 0.25) is 0 Å². The van der Waals surface area contributed by atoms with Crippen molar-refractivity contribution in [2.75, 3.05) is 6.54 Å². The molecule has 1 atom stereocenters. The lowest BCUT2D eigenvalue weighted by Gasteiger charge is -2.24. The van der Waals surface area contributed by atoms with Crippen molar-refractivity contribution in [3.05, 3.63) is 21.9 Å². The minimum absolute atomic E-state index is 0.0103. The Hall–Kier alpha value is -0.380. The zero-order chi connectivity index (χ0) is 11.6. The molecule has 0 aromatic carbocycles. The summed E-state index contributed by atoms with van der Waals surface area (Å²) in [6, 6.07) is 2.23. The second kappa shape index (κ2) is 4.86. The number of hydrogen-bond acceptors (Lipinski definition) is 3. The van der Waals surface area contributed by atoms with Crippen molar-refractivity contribution in [3.8, 4) is 0 Å². The highest BCUT2D eigenvalue weighted by Gasteiger charge is 2.37. The Bertz CT molecular complexity index is 339. The van der Waals surface area contributed by atoms with E-state index in [9.17, 15) is 0 Å². The highest BCUT2D eigenvalue weighted by Crippen LogP contribution is 2.37. The molecule has 0 amide bonds. The molecule has 1 heterocycles. The largest absolute Gasteiger partial charge is 0.324 e. The van der Waals surface area contributed by atoms with Crippen LogP contribution in [0.3, 0.4) is 0 Å². The van der Waals surface area contributed by atoms with E-state index < -0.39 is 0 Å². The zero-order valence-corrected chi connectivity index (χ0v) is 11.1. The van der Waals surface area contributed by atoms with Crippen LogP contribution >= 0.6 is 11.3 Å². The number of nitrogens with two attached hydrogens (primary N) is 1. The van der Waals surface area contributed by atoms with Crippen LogP contribution in [0.5, 0.6) is 0 Å². The maximum atomic E-state index is 6.27. The average molecular weight is 238 g/mol. The van der Waals surface area contributed by atoms with E-state index in [2.05, 4.69) is 30.6 Å². The Morgan fingerprint density at radius 3 is 2.94 bits per heavy atom. The monoisotopic (exact) mass is 238 g/mol. The van der Waals surface area contributed by atoms with E-state index in [1.165, 1.54) is 23.3 Å². The Kier molecular flexibility index (Phi) is 3.67. The van der Waals surface area contributed by atoms with Gasteiger partial charge < -0.3 is 11.1 Å². The van der Waals surface area contributed by atoms with Gasteiger partial charge in [0, 0.05) is 23.5 Å². The van der Waals surface area contributed by atoms with Gasteiger partial charge in [-0.1, -0.05) is 6.92 Å². The molecule has 90 valence electrons. The van der Waals surface area contributed by atoms with Crippen LogP contribution in [0.2, 0.25) is 0 Å². The molecular formula is C13H22N2S. The van der Waals surface area contributed by atoms with E-state index in [4.69, 9.17) is 5.73 Å². The van der Waals surface area contributed by atoms with Crippen molar-refractivity contribution in [2.45, 2.75) is 45.2 Å². The molecule has 0 saturated heterocycles. The molecule has 1 aliphatic rings. The van der Waals surface area contributed by atoms with E-state index in [0.717, 1.165) is 25.4 Å². The predicted octanol–water partition coefficient (Wildman–Crippen LogP) is 2.53. The van der Waals surface area contributed by atoms with Crippen molar-refractivity contribution >= 4 is 11.3 Å². The summed E-state index contributed by atoms with van der Waals surface area (Å²) in [4.78, 5) is 1.47. The first-order chi connectivity index (χ1) is 7.63. The normalized spacial score (nSPS) is 19.7. The molecule has 1 saturated carbocycles. The summed E-state index contributed by atoms with van der Waals surface area (Å²) in [5.41, 5.74) is 7.74. The lowest BCUT2D eigenvalue weighted by atomic mass is 9.97. The minimum Gasteiger partial charge on any atom is -0.324 e. The molecule has 1 unspecified atom stereocenters. The van der Waals surface area contributed by atoms with Gasteiger partial charge in [0.1, 0.15) is 0 Å². The maximum absolute atomic E-state index is 6.27. The summed E-state index contributed by atoms with van der Waals surface area (Å²) in [6.45, 7) is 6.29. The van der Waals surface area contributed by atoms with Crippen LogP contribution in [0, 0.1) is 5.92 Å². The summed E-state index contributed by atoms with van der Waals surface area (Å²) in [5.74, 6) is 0.744. The molecule has 1 aromatic heterocycles. The summed E-state index contributed by atoms with van der Waals surface area (Å²) in [6.07, 6.45) is 3.75. The first kappa shape index (κ1) is 12.1. The lowest BCUT2D eigenvalue weighted by Crippen LogP contribution is -2.47. The first-order valence-electron chi connectivity index (χ1n) is 6.18. The third-order valence-corrected chi connectivity index (χ3v) is 4.48. The molecule has 16 heavy (non-hydrogen) atoms. The molecule has 3 N–H and O–H groups in total. The number of rotatable bonds is 6. The molecule has 2 nitrogen and oxygen atoms in total. The van der Waals surface area contributed by atoms with E-state index >= 15 is 0 Å². The van der Waals surface area contributed by atoms with E-state index in [-0.39, 0.29) is 5.54 Å². The molecule has 0 aliphatic heterocycles. The van der Waals surface area contributed by atoms with Crippen molar-refractivity contribution in [3.63, 3.8) is 0 Å². The van der Waals surface area contributed by atoms with Gasteiger partial charge in [0.25, 0.3) is 0 Å². The van der Waals surface area contributed by atoms with E-state index in [1.54, 1.807) is 0 Å². The van der Waals surface area contributed by atoms with E-state index in [1.807, 2.05) is 11.3 Å². The Labute approximate surface area is 102 Å². The second-order valence-electron chi connectivity index (χ2n) is 5.11. The smallest absolute Gasteiger partial charge is 0.0303 e. The molecule has 1 fully saturated rings. The van der Waals surface area contributed by atoms with Crippen LogP contribution in [0.25, 0.3) is 0 Å². The zero-order valence-electron chi connectivity index (χ0n) is 10.3. The summed E-state index contributed by atoms with van der Waals surface area (Å²) in [7, 11) is 0. The van der Waals surface area contributed by atoms with E-state index in [0.29, 0.717) is 0 Å². The Morgan fingerprint density at radius 1 is 1.56 bits per heavy atom. The number of thiophene rings is 1. The topological polar surface area (TPSA) is 38.0 Å². The van der Waals surface area contributed by atoms with Gasteiger partial charge in [-0.05, 0) is 49.1 Å². The SMILES string of the molecule is CCc1ccsc1CNCC(C)(N)C1CC1. The molecule has 0 radical (unpaired) electrons. The van der Waals surface area contributed by atoms with Gasteiger partial charge in [-0.25, -0.2) is 0 Å². The molecule has 3 heteroatoms. The Morgan fingerprint density at radius 2 is 2.31 bits per heavy atom. The third-order valence-electron chi connectivity index (χ3n) is 3.52. The van der Waals surface area contributed by atoms with Gasteiger partial charge in [-0.3, -0.25) is 0 Å². The van der Waals surface area contributed by atoms with Crippen LogP contribution in [-0.4, -0.2) is 12.1 Å². The van der Waals surface area contributed by atoms with Gasteiger partial charge in [0.15, 0.2) is 0 Å². The van der Waals surface area contributed by atoms with Crippen molar-refractivity contribution in [1.82, 2.24) is 5.32 Å². The summed E-state index contributed by atoms with van der Waals surface area (Å²) < 4.78 is 0. The summed E-state index contributed by atoms with van der Waals surface area (Å²) >= 11 is 1.85. The summed E-state index contributed by atoms with van der Waals surface area (Å²) in [5, 5.41) is 5.69. The van der Waals surface area contributed by atoms with Gasteiger partial charge in [-0.2, -0.15) is 0 Å². The van der Waals surface area contributed by atoms with Crippen LogP contribution in [0.1, 0.15) is 37.1 Å². The highest BCUT2D eigenvalue weighted by molar-refractivity contribution is 7.10. The quantitative estimate of drug-likeness (QED) is 0.799. The van der Waals surface area contributed by atoms with Crippen molar-refractivity contribution < 1.29 is 0 Å². The standard InChI is InChI=1S/C13H22N2S/c1-3-10-6-7-16-12(10)8-15-9-13(2,14)11-4-5-11/h6-7,11,15H,3-5,8-9,14H2,1-2H3. The molecule has 1 aliphatic carbocycles. The first-order valence-corrected chi connectivity index (χ1v) is 7.06. The molecule has 0 spiro atoms. The molecule has 1 aromatic rings. The number of aryl methyl sites for hydroxylation is 1. The molecule has 2 rings (SSSR count). The van der Waals surface area contributed by atoms with Crippen LogP contribution < -0.4 is 11.1 Å². The van der Waals surface area contributed by atoms with Crippen LogP contribution in [0.15, 0.2) is 11.4 Å². The fourth-order valence-corrected chi connectivity index (χ4v) is 3.12. The van der Waals surface area contributed by atoms with Gasteiger partial charge >= 0.3 is 0 Å². The second-order valence-corrected chi connectivity index (χ2v) is 6.11. The molecule has 0 bridgehead atoms. The fourth-order valence-electron chi connectivity index (χ4n) is 2.17. The predicted molar refractivity (Wildman–Crippen MR) is 70.7 cm³/mol. The number of nitrogens with one attached hydrogen (secondary N) is 1. The Balaban J connectivity index is 1.79. The average Bonchev–Trinajstić information content (AvgIpc) is 3.01. The maximum Gasteiger partial charge on any atom is 0.0303 e. The van der Waals surface area contributed by atoms with Crippen LogP contribution in [-0.2, 0) is 13.0 Å². The minimum atomic E-state index is -0.0103. The number of hydrogen-bond donors (Lipinski definition) is 2. The van der Waals surface area contributed by atoms with Crippen molar-refractivity contribution in [1.29, 1.82) is 0 Å². The van der Waals surface area contributed by atoms with Gasteiger partial charge in [0.05, 0.1) is 0 Å². The molecular weight excluding hydrogens is 216 g/mol. The van der Waals surface area contributed by atoms with Crippen LogP contribution in [0.4, 0.5) is 0 Å². The van der Waals surface area contributed by atoms with Crippen molar-refractivity contribution in [2.24, 2.45) is 11.7 Å². The third kappa shape index (κ3) is 2.84. The van der Waals surface area contributed by atoms with Gasteiger partial charge in [-0.15, -0.1) is 11.3 Å². The fraction of sp³-hybridized carbons (Fsp3) is 0.692. The highest BCUT2D eigenvalue weighted by atomic mass is 32.1. The lowest BCUT2D eigenvalue weighted by molar-refractivity contribution is 0.380.